The Morgan fingerprint density at radius 2 is 2.04 bits per heavy atom. The molecule has 1 N–H and O–H groups in total. The molecule has 1 fully saturated rings. The Bertz CT molecular complexity index is 592. The fourth-order valence-corrected chi connectivity index (χ4v) is 3.28. The summed E-state index contributed by atoms with van der Waals surface area (Å²) in [6.45, 7) is 2.48. The maximum Gasteiger partial charge on any atom is 0.508 e. The predicted molar refractivity (Wildman–Crippen MR) is 98.7 cm³/mol. The van der Waals surface area contributed by atoms with Crippen LogP contribution in [0.2, 0.25) is 0 Å². The Morgan fingerprint density at radius 1 is 1.28 bits per heavy atom. The van der Waals surface area contributed by atoms with Gasteiger partial charge in [0.25, 0.3) is 0 Å². The molecule has 1 aliphatic heterocycles. The number of benzene rings is 1. The van der Waals surface area contributed by atoms with E-state index in [1.54, 1.807) is 27.7 Å². The molecule has 1 aromatic carbocycles. The van der Waals surface area contributed by atoms with Crippen LogP contribution in [0.15, 0.2) is 18.2 Å². The summed E-state index contributed by atoms with van der Waals surface area (Å²) in [4.78, 5) is 25.6. The van der Waals surface area contributed by atoms with E-state index in [0.29, 0.717) is 19.0 Å². The number of phenolic OH excluding ortho intramolecular Hbond substituents is 1. The predicted octanol–water partition coefficient (Wildman–Crippen LogP) is 2.58. The molecule has 25 heavy (non-hydrogen) atoms. The van der Waals surface area contributed by atoms with Crippen LogP contribution < -0.4 is 4.90 Å². The molecule has 0 amide bonds. The van der Waals surface area contributed by atoms with Gasteiger partial charge in [0.05, 0.1) is 18.8 Å². The molecule has 0 atom stereocenters. The zero-order chi connectivity index (χ0) is 18.1. The van der Waals surface area contributed by atoms with Crippen molar-refractivity contribution in [2.24, 2.45) is 0 Å². The van der Waals surface area contributed by atoms with Gasteiger partial charge < -0.3 is 24.2 Å². The topological polar surface area (TPSA) is 85.3 Å². The molecule has 1 aromatic rings. The summed E-state index contributed by atoms with van der Waals surface area (Å²) >= 11 is 0. The fourth-order valence-electron chi connectivity index (χ4n) is 2.26. The average molecular weight is 387 g/mol. The van der Waals surface area contributed by atoms with Crippen molar-refractivity contribution in [3.05, 3.63) is 23.8 Å². The molecule has 0 spiro atoms. The van der Waals surface area contributed by atoms with Crippen LogP contribution in [0.5, 0.6) is 5.75 Å². The minimum Gasteiger partial charge on any atom is -0.507 e. The van der Waals surface area contributed by atoms with Gasteiger partial charge in [0.15, 0.2) is 6.61 Å². The van der Waals surface area contributed by atoms with E-state index in [4.69, 9.17) is 14.2 Å². The quantitative estimate of drug-likeness (QED) is 0.313. The Kier molecular flexibility index (Phi) is 8.23. The van der Waals surface area contributed by atoms with Gasteiger partial charge in [0.1, 0.15) is 12.4 Å². The SMILES string of the molecule is CSSCCOC(=O)OCC(=O)c1ccc(N2CCOCC2)cc1O. The van der Waals surface area contributed by atoms with E-state index in [-0.39, 0.29) is 17.9 Å². The molecule has 1 saturated heterocycles. The first-order valence-electron chi connectivity index (χ1n) is 7.76. The molecule has 0 aromatic heterocycles. The van der Waals surface area contributed by atoms with E-state index in [1.165, 1.54) is 12.1 Å². The first kappa shape index (κ1) is 19.7. The van der Waals surface area contributed by atoms with E-state index in [9.17, 15) is 14.7 Å². The van der Waals surface area contributed by atoms with Gasteiger partial charge in [-0.1, -0.05) is 21.6 Å². The largest absolute Gasteiger partial charge is 0.508 e. The molecule has 0 unspecified atom stereocenters. The van der Waals surface area contributed by atoms with Gasteiger partial charge in [0.2, 0.25) is 5.78 Å². The number of Topliss-reactive ketones (excluding diaryl/α,β-unsaturated/α-hetero) is 1. The van der Waals surface area contributed by atoms with Crippen LogP contribution in [0.1, 0.15) is 10.4 Å². The lowest BCUT2D eigenvalue weighted by molar-refractivity contribution is 0.0528. The van der Waals surface area contributed by atoms with Crippen molar-refractivity contribution in [2.75, 3.05) is 56.4 Å². The number of ether oxygens (including phenoxy) is 3. The molecular formula is C16H21NO6S2. The molecule has 0 bridgehead atoms. The lowest BCUT2D eigenvalue weighted by atomic mass is 10.1. The zero-order valence-electron chi connectivity index (χ0n) is 13.9. The lowest BCUT2D eigenvalue weighted by Gasteiger charge is -2.29. The standard InChI is InChI=1S/C16H21NO6S2/c1-24-25-9-8-22-16(20)23-11-15(19)13-3-2-12(10-14(13)18)17-4-6-21-7-5-17/h2-3,10,18H,4-9,11H2,1H3. The summed E-state index contributed by atoms with van der Waals surface area (Å²) in [7, 11) is 3.13. The number of ketones is 1. The monoisotopic (exact) mass is 387 g/mol. The number of carbonyl (C=O) groups is 2. The van der Waals surface area contributed by atoms with Crippen LogP contribution in [0.4, 0.5) is 10.5 Å². The molecule has 0 saturated carbocycles. The number of aromatic hydroxyl groups is 1. The molecule has 2 rings (SSSR count). The third-order valence-electron chi connectivity index (χ3n) is 3.48. The number of hydrogen-bond donors (Lipinski definition) is 1. The maximum absolute atomic E-state index is 12.1. The van der Waals surface area contributed by atoms with E-state index < -0.39 is 18.5 Å². The van der Waals surface area contributed by atoms with Crippen LogP contribution in [-0.2, 0) is 14.2 Å². The molecule has 9 heteroatoms. The van der Waals surface area contributed by atoms with Gasteiger partial charge in [-0.3, -0.25) is 4.79 Å². The summed E-state index contributed by atoms with van der Waals surface area (Å²) < 4.78 is 14.9. The Labute approximate surface area is 154 Å². The summed E-state index contributed by atoms with van der Waals surface area (Å²) in [6.07, 6.45) is 1.04. The van der Waals surface area contributed by atoms with Crippen molar-refractivity contribution in [1.82, 2.24) is 0 Å². The van der Waals surface area contributed by atoms with Crippen molar-refractivity contribution in [2.45, 2.75) is 0 Å². The minimum absolute atomic E-state index is 0.114. The smallest absolute Gasteiger partial charge is 0.507 e. The van der Waals surface area contributed by atoms with Crippen molar-refractivity contribution in [1.29, 1.82) is 0 Å². The second-order valence-corrected chi connectivity index (χ2v) is 7.78. The zero-order valence-corrected chi connectivity index (χ0v) is 15.6. The minimum atomic E-state index is -0.889. The molecule has 0 radical (unpaired) electrons. The van der Waals surface area contributed by atoms with E-state index in [2.05, 4.69) is 4.90 Å². The number of morpholine rings is 1. The van der Waals surface area contributed by atoms with Gasteiger partial charge >= 0.3 is 6.16 Å². The number of nitrogens with zero attached hydrogens (tertiary/aromatic N) is 1. The molecule has 0 aliphatic carbocycles. The molecule has 1 aliphatic rings. The Balaban J connectivity index is 1.83. The molecule has 1 heterocycles. The maximum atomic E-state index is 12.1. The highest BCUT2D eigenvalue weighted by Gasteiger charge is 2.17. The van der Waals surface area contributed by atoms with Crippen LogP contribution in [0, 0.1) is 0 Å². The number of phenols is 1. The molecule has 138 valence electrons. The highest BCUT2D eigenvalue weighted by atomic mass is 33.1. The second kappa shape index (κ2) is 10.4. The van der Waals surface area contributed by atoms with Crippen molar-refractivity contribution < 1.29 is 28.9 Å². The van der Waals surface area contributed by atoms with Crippen LogP contribution in [-0.4, -0.2) is 68.6 Å². The van der Waals surface area contributed by atoms with Gasteiger partial charge in [-0.15, -0.1) is 0 Å². The Morgan fingerprint density at radius 3 is 2.72 bits per heavy atom. The van der Waals surface area contributed by atoms with Crippen molar-refractivity contribution in [3.63, 3.8) is 0 Å². The van der Waals surface area contributed by atoms with Crippen LogP contribution in [0.3, 0.4) is 0 Å². The number of rotatable bonds is 8. The van der Waals surface area contributed by atoms with E-state index in [1.807, 2.05) is 6.26 Å². The van der Waals surface area contributed by atoms with Crippen LogP contribution in [0.25, 0.3) is 0 Å². The summed E-state index contributed by atoms with van der Waals surface area (Å²) in [5.41, 5.74) is 0.937. The van der Waals surface area contributed by atoms with E-state index >= 15 is 0 Å². The van der Waals surface area contributed by atoms with Crippen molar-refractivity contribution >= 4 is 39.2 Å². The number of carbonyl (C=O) groups excluding carboxylic acids is 2. The van der Waals surface area contributed by atoms with Crippen LogP contribution >= 0.6 is 21.6 Å². The summed E-state index contributed by atoms with van der Waals surface area (Å²) in [5, 5.41) is 10.1. The fraction of sp³-hybridized carbons (Fsp3) is 0.500. The van der Waals surface area contributed by atoms with E-state index in [0.717, 1.165) is 18.8 Å². The highest BCUT2D eigenvalue weighted by Crippen LogP contribution is 2.26. The summed E-state index contributed by atoms with van der Waals surface area (Å²) in [6, 6.07) is 4.83. The number of anilines is 1. The van der Waals surface area contributed by atoms with Gasteiger partial charge in [0, 0.05) is 30.6 Å². The molecular weight excluding hydrogens is 366 g/mol. The number of hydrogen-bond acceptors (Lipinski definition) is 9. The third kappa shape index (κ3) is 6.33. The Hall–Kier alpha value is -1.58. The third-order valence-corrected chi connectivity index (χ3v) is 5.26. The first-order valence-corrected chi connectivity index (χ1v) is 10.5. The lowest BCUT2D eigenvalue weighted by Crippen LogP contribution is -2.36. The van der Waals surface area contributed by atoms with Crippen molar-refractivity contribution in [3.8, 4) is 5.75 Å². The second-order valence-electron chi connectivity index (χ2n) is 5.10. The highest BCUT2D eigenvalue weighted by molar-refractivity contribution is 8.76. The van der Waals surface area contributed by atoms with Gasteiger partial charge in [-0.25, -0.2) is 4.79 Å². The average Bonchev–Trinajstić information content (AvgIpc) is 2.64. The van der Waals surface area contributed by atoms with Gasteiger partial charge in [-0.05, 0) is 18.4 Å². The summed E-state index contributed by atoms with van der Waals surface area (Å²) in [5.74, 6) is 0.0253. The molecule has 7 nitrogen and oxygen atoms in total. The van der Waals surface area contributed by atoms with Gasteiger partial charge in [-0.2, -0.15) is 0 Å². The normalized spacial score (nSPS) is 14.2. The first-order chi connectivity index (χ1) is 12.1.